The van der Waals surface area contributed by atoms with Crippen LogP contribution in [0.15, 0.2) is 24.5 Å². The number of carbonyl (C=O) groups is 1. The normalized spacial score (nSPS) is 16.9. The van der Waals surface area contributed by atoms with Crippen LogP contribution >= 0.6 is 11.3 Å². The van der Waals surface area contributed by atoms with Gasteiger partial charge < -0.3 is 19.5 Å². The molecular formula is C25H29N7O2S. The minimum absolute atomic E-state index is 0.0373. The van der Waals surface area contributed by atoms with E-state index < -0.39 is 0 Å². The van der Waals surface area contributed by atoms with E-state index in [9.17, 15) is 4.79 Å². The summed E-state index contributed by atoms with van der Waals surface area (Å²) in [5.74, 6) is 2.83. The van der Waals surface area contributed by atoms with Crippen molar-refractivity contribution in [2.45, 2.75) is 52.0 Å². The molecule has 0 unspecified atom stereocenters. The Hall–Kier alpha value is -3.27. The number of imidazole rings is 1. The Morgan fingerprint density at radius 1 is 1.14 bits per heavy atom. The van der Waals surface area contributed by atoms with E-state index in [2.05, 4.69) is 29.7 Å². The standard InChI is InChI=1S/C25H29N7O2S/c1-2-34-17-7-8-18-19(14-17)35-25(28-18)30-24(33)16-9-12-31(13-10-16)22-21-23(27-15-26-22)32-11-5-3-4-6-20(32)29-21/h7-8,14-16H,2-6,9-13H2,1H3,(H,28,30,33). The minimum Gasteiger partial charge on any atom is -0.494 e. The second-order valence-corrected chi connectivity index (χ2v) is 10.2. The molecule has 0 saturated carbocycles. The summed E-state index contributed by atoms with van der Waals surface area (Å²) in [7, 11) is 0. The number of aromatic nitrogens is 5. The van der Waals surface area contributed by atoms with Gasteiger partial charge >= 0.3 is 0 Å². The van der Waals surface area contributed by atoms with Crippen molar-refractivity contribution in [1.82, 2.24) is 24.5 Å². The molecule has 1 N–H and O–H groups in total. The van der Waals surface area contributed by atoms with Gasteiger partial charge in [-0.05, 0) is 50.8 Å². The number of ether oxygens (including phenoxy) is 1. The largest absolute Gasteiger partial charge is 0.494 e. The number of thiazole rings is 1. The second-order valence-electron chi connectivity index (χ2n) is 9.19. The van der Waals surface area contributed by atoms with Gasteiger partial charge in [-0.3, -0.25) is 4.79 Å². The van der Waals surface area contributed by atoms with Crippen LogP contribution in [0.1, 0.15) is 44.9 Å². The monoisotopic (exact) mass is 491 g/mol. The van der Waals surface area contributed by atoms with Crippen molar-refractivity contribution in [3.8, 4) is 5.75 Å². The highest BCUT2D eigenvalue weighted by Crippen LogP contribution is 2.32. The van der Waals surface area contributed by atoms with Crippen molar-refractivity contribution in [2.75, 3.05) is 29.9 Å². The lowest BCUT2D eigenvalue weighted by atomic mass is 9.96. The Balaban J connectivity index is 1.13. The summed E-state index contributed by atoms with van der Waals surface area (Å²) in [6.07, 6.45) is 7.77. The number of hydrogen-bond donors (Lipinski definition) is 1. The Kier molecular flexibility index (Phi) is 5.97. The molecule has 0 radical (unpaired) electrons. The quantitative estimate of drug-likeness (QED) is 0.441. The molecule has 5 heterocycles. The van der Waals surface area contributed by atoms with Crippen molar-refractivity contribution < 1.29 is 9.53 Å². The summed E-state index contributed by atoms with van der Waals surface area (Å²) >= 11 is 1.48. The summed E-state index contributed by atoms with van der Waals surface area (Å²) in [5.41, 5.74) is 2.71. The lowest BCUT2D eigenvalue weighted by molar-refractivity contribution is -0.120. The average molecular weight is 492 g/mol. The van der Waals surface area contributed by atoms with E-state index in [1.807, 2.05) is 25.1 Å². The topological polar surface area (TPSA) is 98.1 Å². The van der Waals surface area contributed by atoms with Gasteiger partial charge in [0.25, 0.3) is 0 Å². The van der Waals surface area contributed by atoms with E-state index in [-0.39, 0.29) is 11.8 Å². The second kappa shape index (κ2) is 9.41. The Morgan fingerprint density at radius 2 is 2.03 bits per heavy atom. The number of fused-ring (bicyclic) bond motifs is 4. The van der Waals surface area contributed by atoms with E-state index in [1.165, 1.54) is 30.6 Å². The van der Waals surface area contributed by atoms with Crippen molar-refractivity contribution in [3.63, 3.8) is 0 Å². The number of carbonyl (C=O) groups excluding carboxylic acids is 1. The molecule has 2 aliphatic rings. The highest BCUT2D eigenvalue weighted by molar-refractivity contribution is 7.22. The zero-order valence-electron chi connectivity index (χ0n) is 19.9. The van der Waals surface area contributed by atoms with E-state index >= 15 is 0 Å². The zero-order chi connectivity index (χ0) is 23.8. The van der Waals surface area contributed by atoms with Crippen LogP contribution in [0.4, 0.5) is 10.9 Å². The lowest BCUT2D eigenvalue weighted by Gasteiger charge is -2.31. The molecule has 0 bridgehead atoms. The van der Waals surface area contributed by atoms with Crippen molar-refractivity contribution in [1.29, 1.82) is 0 Å². The molecule has 4 aromatic rings. The van der Waals surface area contributed by atoms with Gasteiger partial charge in [-0.1, -0.05) is 17.8 Å². The molecule has 0 atom stereocenters. The minimum atomic E-state index is -0.0479. The third-order valence-electron chi connectivity index (χ3n) is 6.94. The predicted molar refractivity (Wildman–Crippen MR) is 137 cm³/mol. The van der Waals surface area contributed by atoms with Crippen LogP contribution in [0, 0.1) is 5.92 Å². The first-order valence-electron chi connectivity index (χ1n) is 12.5. The van der Waals surface area contributed by atoms with E-state index in [1.54, 1.807) is 6.33 Å². The number of piperidine rings is 1. The SMILES string of the molecule is CCOc1ccc2nc(NC(=O)C3CCN(c4ncnc5c4nc4n5CCCCC4)CC3)sc2c1. The Labute approximate surface area is 207 Å². The van der Waals surface area contributed by atoms with Gasteiger partial charge in [-0.15, -0.1) is 0 Å². The van der Waals surface area contributed by atoms with Crippen LogP contribution in [0.25, 0.3) is 21.4 Å². The van der Waals surface area contributed by atoms with Crippen molar-refractivity contribution in [2.24, 2.45) is 5.92 Å². The number of anilines is 2. The first-order valence-corrected chi connectivity index (χ1v) is 13.3. The van der Waals surface area contributed by atoms with E-state index in [4.69, 9.17) is 9.72 Å². The van der Waals surface area contributed by atoms with E-state index in [0.29, 0.717) is 11.7 Å². The van der Waals surface area contributed by atoms with Gasteiger partial charge in [0.2, 0.25) is 5.91 Å². The maximum Gasteiger partial charge on any atom is 0.229 e. The van der Waals surface area contributed by atoms with Gasteiger partial charge in [0, 0.05) is 32.0 Å². The summed E-state index contributed by atoms with van der Waals surface area (Å²) in [6, 6.07) is 5.82. The number of nitrogens with one attached hydrogen (secondary N) is 1. The Morgan fingerprint density at radius 3 is 2.89 bits per heavy atom. The van der Waals surface area contributed by atoms with Crippen LogP contribution in [0.3, 0.4) is 0 Å². The molecule has 1 fully saturated rings. The fourth-order valence-electron chi connectivity index (χ4n) is 5.13. The third kappa shape index (κ3) is 4.31. The first-order chi connectivity index (χ1) is 17.2. The highest BCUT2D eigenvalue weighted by Gasteiger charge is 2.28. The molecule has 0 spiro atoms. The van der Waals surface area contributed by atoms with Crippen LogP contribution in [-0.4, -0.2) is 50.1 Å². The Bertz CT molecular complexity index is 1370. The van der Waals surface area contributed by atoms with Crippen LogP contribution in [0.5, 0.6) is 5.75 Å². The van der Waals surface area contributed by atoms with Gasteiger partial charge in [0.05, 0.1) is 16.8 Å². The fourth-order valence-corrected chi connectivity index (χ4v) is 6.03. The smallest absolute Gasteiger partial charge is 0.229 e. The van der Waals surface area contributed by atoms with Crippen LogP contribution < -0.4 is 15.0 Å². The summed E-state index contributed by atoms with van der Waals surface area (Å²) in [5, 5.41) is 3.68. The molecule has 9 nitrogen and oxygen atoms in total. The number of aryl methyl sites for hydroxylation is 2. The third-order valence-corrected chi connectivity index (χ3v) is 7.87. The number of benzene rings is 1. The van der Waals surface area contributed by atoms with Gasteiger partial charge in [0.15, 0.2) is 22.1 Å². The average Bonchev–Trinajstić information content (AvgIpc) is 3.35. The molecule has 1 amide bonds. The highest BCUT2D eigenvalue weighted by atomic mass is 32.1. The molecule has 10 heteroatoms. The molecule has 0 aliphatic carbocycles. The summed E-state index contributed by atoms with van der Waals surface area (Å²) in [4.78, 5) is 33.9. The number of nitrogens with zero attached hydrogens (tertiary/aromatic N) is 6. The van der Waals surface area contributed by atoms with Gasteiger partial charge in [0.1, 0.15) is 17.9 Å². The molecule has 3 aromatic heterocycles. The lowest BCUT2D eigenvalue weighted by Crippen LogP contribution is -2.38. The number of hydrogen-bond acceptors (Lipinski definition) is 8. The molecule has 1 aromatic carbocycles. The summed E-state index contributed by atoms with van der Waals surface area (Å²) < 4.78 is 8.85. The van der Waals surface area contributed by atoms with Crippen molar-refractivity contribution >= 4 is 49.6 Å². The molecule has 182 valence electrons. The molecule has 6 rings (SSSR count). The molecular weight excluding hydrogens is 462 g/mol. The van der Waals surface area contributed by atoms with Crippen LogP contribution in [0.2, 0.25) is 0 Å². The summed E-state index contributed by atoms with van der Waals surface area (Å²) in [6.45, 7) is 5.10. The number of amides is 1. The van der Waals surface area contributed by atoms with Gasteiger partial charge in [-0.25, -0.2) is 19.9 Å². The van der Waals surface area contributed by atoms with Gasteiger partial charge in [-0.2, -0.15) is 0 Å². The number of rotatable bonds is 5. The van der Waals surface area contributed by atoms with E-state index in [0.717, 1.165) is 77.7 Å². The first kappa shape index (κ1) is 22.2. The molecule has 2 aliphatic heterocycles. The predicted octanol–water partition coefficient (Wildman–Crippen LogP) is 4.42. The van der Waals surface area contributed by atoms with Crippen molar-refractivity contribution in [3.05, 3.63) is 30.4 Å². The molecule has 35 heavy (non-hydrogen) atoms. The molecule has 1 saturated heterocycles. The maximum atomic E-state index is 13.0. The van der Waals surface area contributed by atoms with Crippen LogP contribution in [-0.2, 0) is 17.8 Å². The maximum absolute atomic E-state index is 13.0. The zero-order valence-corrected chi connectivity index (χ0v) is 20.7. The fraction of sp³-hybridized carbons (Fsp3) is 0.480.